The van der Waals surface area contributed by atoms with Crippen LogP contribution in [0.2, 0.25) is 0 Å². The van der Waals surface area contributed by atoms with Crippen LogP contribution in [0.1, 0.15) is 36.1 Å². The number of rotatable bonds is 6. The van der Waals surface area contributed by atoms with Crippen LogP contribution in [0, 0.1) is 6.92 Å². The number of aryl methyl sites for hydroxylation is 1. The number of amides is 1. The number of nitrogens with one attached hydrogen (secondary N) is 1. The molecule has 0 saturated carbocycles. The number of esters is 1. The van der Waals surface area contributed by atoms with Crippen molar-refractivity contribution in [1.82, 2.24) is 10.3 Å². The Balaban J connectivity index is 2.13. The molecule has 0 spiro atoms. The van der Waals surface area contributed by atoms with E-state index in [0.717, 1.165) is 11.3 Å². The van der Waals surface area contributed by atoms with Gasteiger partial charge in [0.05, 0.1) is 12.8 Å². The Morgan fingerprint density at radius 1 is 1.16 bits per heavy atom. The Kier molecular flexibility index (Phi) is 6.14. The summed E-state index contributed by atoms with van der Waals surface area (Å²) in [5.41, 5.74) is 1.47. The van der Waals surface area contributed by atoms with Crippen molar-refractivity contribution in [3.63, 3.8) is 0 Å². The Morgan fingerprint density at radius 2 is 1.80 bits per heavy atom. The molecule has 2 rings (SSSR count). The van der Waals surface area contributed by atoms with E-state index >= 15 is 0 Å². The molecular formula is C18H22N2O4S. The summed E-state index contributed by atoms with van der Waals surface area (Å²) in [5.74, 6) is -0.108. The zero-order valence-electron chi connectivity index (χ0n) is 15.0. The molecule has 0 aliphatic rings. The maximum absolute atomic E-state index is 12.4. The van der Waals surface area contributed by atoms with Crippen LogP contribution in [0.25, 0.3) is 10.6 Å². The van der Waals surface area contributed by atoms with Crippen LogP contribution in [0.4, 0.5) is 0 Å². The molecule has 1 atom stereocenters. The van der Waals surface area contributed by atoms with Crippen molar-refractivity contribution in [3.8, 4) is 16.3 Å². The second kappa shape index (κ2) is 8.11. The number of thiazole rings is 1. The molecule has 1 N–H and O–H groups in total. The van der Waals surface area contributed by atoms with Gasteiger partial charge >= 0.3 is 5.97 Å². The highest BCUT2D eigenvalue weighted by atomic mass is 32.1. The van der Waals surface area contributed by atoms with Gasteiger partial charge in [-0.25, -0.2) is 9.78 Å². The SMILES string of the molecule is COc1ccc(-c2nc(C)c(C(=O)O[C@H](C)C(=O)NC(C)C)s2)cc1. The maximum Gasteiger partial charge on any atom is 0.351 e. The molecule has 1 amide bonds. The molecule has 25 heavy (non-hydrogen) atoms. The van der Waals surface area contributed by atoms with Gasteiger partial charge in [-0.3, -0.25) is 4.79 Å². The predicted octanol–water partition coefficient (Wildman–Crippen LogP) is 3.20. The highest BCUT2D eigenvalue weighted by Gasteiger charge is 2.23. The number of methoxy groups -OCH3 is 1. The van der Waals surface area contributed by atoms with Crippen molar-refractivity contribution in [2.45, 2.75) is 39.8 Å². The van der Waals surface area contributed by atoms with Crippen molar-refractivity contribution in [2.24, 2.45) is 0 Å². The van der Waals surface area contributed by atoms with Crippen LogP contribution >= 0.6 is 11.3 Å². The van der Waals surface area contributed by atoms with Crippen LogP contribution in [0.3, 0.4) is 0 Å². The van der Waals surface area contributed by atoms with Crippen LogP contribution in [-0.2, 0) is 9.53 Å². The lowest BCUT2D eigenvalue weighted by molar-refractivity contribution is -0.129. The minimum absolute atomic E-state index is 0.0135. The molecule has 0 radical (unpaired) electrons. The quantitative estimate of drug-likeness (QED) is 0.799. The van der Waals surface area contributed by atoms with Gasteiger partial charge in [0.15, 0.2) is 6.10 Å². The van der Waals surface area contributed by atoms with E-state index in [1.807, 2.05) is 38.1 Å². The summed E-state index contributed by atoms with van der Waals surface area (Å²) in [6.07, 6.45) is -0.860. The Morgan fingerprint density at radius 3 is 2.36 bits per heavy atom. The lowest BCUT2D eigenvalue weighted by atomic mass is 10.2. The molecule has 6 nitrogen and oxygen atoms in total. The molecule has 134 valence electrons. The van der Waals surface area contributed by atoms with Gasteiger partial charge in [0, 0.05) is 11.6 Å². The second-order valence-electron chi connectivity index (χ2n) is 5.87. The monoisotopic (exact) mass is 362 g/mol. The molecular weight excluding hydrogens is 340 g/mol. The number of aromatic nitrogens is 1. The second-order valence-corrected chi connectivity index (χ2v) is 6.87. The molecule has 0 aliphatic heterocycles. The van der Waals surface area contributed by atoms with E-state index in [1.165, 1.54) is 11.3 Å². The fraction of sp³-hybridized carbons (Fsp3) is 0.389. The standard InChI is InChI=1S/C18H22N2O4S/c1-10(2)19-16(21)12(4)24-18(22)15-11(3)20-17(25-15)13-6-8-14(23-5)9-7-13/h6-10,12H,1-5H3,(H,19,21)/t12-/m1/s1. The van der Waals surface area contributed by atoms with Gasteiger partial charge in [0.25, 0.3) is 5.91 Å². The highest BCUT2D eigenvalue weighted by Crippen LogP contribution is 2.29. The minimum atomic E-state index is -0.860. The van der Waals surface area contributed by atoms with Crippen molar-refractivity contribution >= 4 is 23.2 Å². The zero-order chi connectivity index (χ0) is 18.6. The van der Waals surface area contributed by atoms with E-state index in [2.05, 4.69) is 10.3 Å². The van der Waals surface area contributed by atoms with Crippen LogP contribution < -0.4 is 10.1 Å². The highest BCUT2D eigenvalue weighted by molar-refractivity contribution is 7.17. The van der Waals surface area contributed by atoms with Crippen LogP contribution in [0.15, 0.2) is 24.3 Å². The number of hydrogen-bond acceptors (Lipinski definition) is 6. The first-order valence-electron chi connectivity index (χ1n) is 7.95. The third kappa shape index (κ3) is 4.79. The summed E-state index contributed by atoms with van der Waals surface area (Å²) in [6.45, 7) is 7.00. The lowest BCUT2D eigenvalue weighted by Crippen LogP contribution is -2.39. The van der Waals surface area contributed by atoms with E-state index in [9.17, 15) is 9.59 Å². The van der Waals surface area contributed by atoms with Gasteiger partial charge < -0.3 is 14.8 Å². The molecule has 0 unspecified atom stereocenters. The van der Waals surface area contributed by atoms with Crippen molar-refractivity contribution in [1.29, 1.82) is 0 Å². The van der Waals surface area contributed by atoms with E-state index in [4.69, 9.17) is 9.47 Å². The van der Waals surface area contributed by atoms with E-state index in [-0.39, 0.29) is 11.9 Å². The number of hydrogen-bond donors (Lipinski definition) is 1. The largest absolute Gasteiger partial charge is 0.497 e. The molecule has 7 heteroatoms. The summed E-state index contributed by atoms with van der Waals surface area (Å²) >= 11 is 1.24. The lowest BCUT2D eigenvalue weighted by Gasteiger charge is -2.14. The number of nitrogens with zero attached hydrogens (tertiary/aromatic N) is 1. The molecule has 1 aromatic heterocycles. The van der Waals surface area contributed by atoms with Gasteiger partial charge in [-0.2, -0.15) is 0 Å². The summed E-state index contributed by atoms with van der Waals surface area (Å²) in [7, 11) is 1.60. The van der Waals surface area contributed by atoms with Gasteiger partial charge in [0.1, 0.15) is 15.6 Å². The molecule has 0 fully saturated rings. The average molecular weight is 362 g/mol. The topological polar surface area (TPSA) is 77.5 Å². The molecule has 0 saturated heterocycles. The zero-order valence-corrected chi connectivity index (χ0v) is 15.8. The molecule has 0 aliphatic carbocycles. The van der Waals surface area contributed by atoms with E-state index in [0.29, 0.717) is 15.6 Å². The summed E-state index contributed by atoms with van der Waals surface area (Å²) in [4.78, 5) is 29.1. The maximum atomic E-state index is 12.4. The third-order valence-electron chi connectivity index (χ3n) is 3.40. The molecule has 1 aromatic carbocycles. The fourth-order valence-electron chi connectivity index (χ4n) is 2.11. The van der Waals surface area contributed by atoms with Crippen molar-refractivity contribution in [2.75, 3.05) is 7.11 Å². The normalized spacial score (nSPS) is 11.9. The smallest absolute Gasteiger partial charge is 0.351 e. The first kappa shape index (κ1) is 18.9. The van der Waals surface area contributed by atoms with Gasteiger partial charge in [-0.05, 0) is 52.0 Å². The fourth-order valence-corrected chi connectivity index (χ4v) is 3.07. The first-order chi connectivity index (χ1) is 11.8. The van der Waals surface area contributed by atoms with Crippen LogP contribution in [0.5, 0.6) is 5.75 Å². The third-order valence-corrected chi connectivity index (χ3v) is 4.59. The summed E-state index contributed by atoms with van der Waals surface area (Å²) in [5, 5.41) is 3.43. The summed E-state index contributed by atoms with van der Waals surface area (Å²) in [6, 6.07) is 7.42. The van der Waals surface area contributed by atoms with E-state index < -0.39 is 12.1 Å². The summed E-state index contributed by atoms with van der Waals surface area (Å²) < 4.78 is 10.4. The van der Waals surface area contributed by atoms with Crippen molar-refractivity contribution in [3.05, 3.63) is 34.8 Å². The average Bonchev–Trinajstić information content (AvgIpc) is 2.96. The number of carbonyl (C=O) groups excluding carboxylic acids is 2. The molecule has 2 aromatic rings. The minimum Gasteiger partial charge on any atom is -0.497 e. The Hall–Kier alpha value is -2.41. The predicted molar refractivity (Wildman–Crippen MR) is 97.0 cm³/mol. The Bertz CT molecular complexity index is 753. The molecule has 1 heterocycles. The number of benzene rings is 1. The van der Waals surface area contributed by atoms with Gasteiger partial charge in [-0.1, -0.05) is 0 Å². The van der Waals surface area contributed by atoms with Crippen LogP contribution in [-0.4, -0.2) is 36.1 Å². The first-order valence-corrected chi connectivity index (χ1v) is 8.76. The van der Waals surface area contributed by atoms with Gasteiger partial charge in [0.2, 0.25) is 0 Å². The van der Waals surface area contributed by atoms with Gasteiger partial charge in [-0.15, -0.1) is 11.3 Å². The number of ether oxygens (including phenoxy) is 2. The molecule has 0 bridgehead atoms. The number of carbonyl (C=O) groups is 2. The Labute approximate surface area is 151 Å². The van der Waals surface area contributed by atoms with Crippen molar-refractivity contribution < 1.29 is 19.1 Å². The van der Waals surface area contributed by atoms with E-state index in [1.54, 1.807) is 21.0 Å².